The lowest BCUT2D eigenvalue weighted by Crippen LogP contribution is -2.40. The third-order valence-electron chi connectivity index (χ3n) is 4.08. The van der Waals surface area contributed by atoms with Crippen LogP contribution < -0.4 is 4.90 Å². The van der Waals surface area contributed by atoms with E-state index < -0.39 is 17.0 Å². The zero-order valence-electron chi connectivity index (χ0n) is 15.0. The van der Waals surface area contributed by atoms with E-state index in [2.05, 4.69) is 0 Å². The summed E-state index contributed by atoms with van der Waals surface area (Å²) in [6.07, 6.45) is 0.671. The number of rotatable bonds is 4. The molecular formula is C19H25NO4. The van der Waals surface area contributed by atoms with Gasteiger partial charge in [-0.1, -0.05) is 6.07 Å². The van der Waals surface area contributed by atoms with Gasteiger partial charge in [-0.15, -0.1) is 0 Å². The van der Waals surface area contributed by atoms with Crippen LogP contribution in [0.3, 0.4) is 0 Å². The Balaban J connectivity index is 2.35. The molecule has 0 spiro atoms. The molecule has 1 fully saturated rings. The van der Waals surface area contributed by atoms with Crippen molar-refractivity contribution in [1.82, 2.24) is 0 Å². The summed E-state index contributed by atoms with van der Waals surface area (Å²) in [4.78, 5) is 38.0. The number of benzene rings is 1. The van der Waals surface area contributed by atoms with Gasteiger partial charge in [0.25, 0.3) is 0 Å². The SMILES string of the molecule is Cc1cc(C)cc(N2CC(CC=O)(C(=O)OC(C)(C)C)CC2=O)c1. The van der Waals surface area contributed by atoms with Crippen molar-refractivity contribution in [2.45, 2.75) is 53.1 Å². The largest absolute Gasteiger partial charge is 0.459 e. The molecule has 5 nitrogen and oxygen atoms in total. The fourth-order valence-electron chi connectivity index (χ4n) is 3.08. The molecule has 1 atom stereocenters. The Morgan fingerprint density at radius 1 is 1.25 bits per heavy atom. The third-order valence-corrected chi connectivity index (χ3v) is 4.08. The maximum atomic E-state index is 12.7. The first kappa shape index (κ1) is 18.2. The Labute approximate surface area is 143 Å². The lowest BCUT2D eigenvalue weighted by molar-refractivity contribution is -0.167. The fourth-order valence-corrected chi connectivity index (χ4v) is 3.08. The van der Waals surface area contributed by atoms with Crippen molar-refractivity contribution >= 4 is 23.9 Å². The summed E-state index contributed by atoms with van der Waals surface area (Å²) < 4.78 is 5.48. The highest BCUT2D eigenvalue weighted by atomic mass is 16.6. The van der Waals surface area contributed by atoms with Crippen LogP contribution >= 0.6 is 0 Å². The molecule has 0 aliphatic carbocycles. The van der Waals surface area contributed by atoms with Gasteiger partial charge in [-0.2, -0.15) is 0 Å². The van der Waals surface area contributed by atoms with Crippen molar-refractivity contribution in [3.8, 4) is 0 Å². The Kier molecular flexibility index (Phi) is 4.83. The number of ether oxygens (including phenoxy) is 1. The highest BCUT2D eigenvalue weighted by Crippen LogP contribution is 2.39. The van der Waals surface area contributed by atoms with E-state index in [9.17, 15) is 14.4 Å². The molecule has 0 aromatic heterocycles. The first-order chi connectivity index (χ1) is 11.1. The van der Waals surface area contributed by atoms with Crippen LogP contribution in [-0.2, 0) is 19.1 Å². The molecule has 24 heavy (non-hydrogen) atoms. The summed E-state index contributed by atoms with van der Waals surface area (Å²) in [5.74, 6) is -0.643. The average Bonchev–Trinajstić information content (AvgIpc) is 2.74. The summed E-state index contributed by atoms with van der Waals surface area (Å²) in [7, 11) is 0. The van der Waals surface area contributed by atoms with Gasteiger partial charge in [-0.05, 0) is 57.9 Å². The van der Waals surface area contributed by atoms with Crippen LogP contribution in [0.5, 0.6) is 0 Å². The van der Waals surface area contributed by atoms with Gasteiger partial charge in [0.2, 0.25) is 5.91 Å². The Morgan fingerprint density at radius 3 is 2.33 bits per heavy atom. The van der Waals surface area contributed by atoms with E-state index in [1.807, 2.05) is 32.0 Å². The summed E-state index contributed by atoms with van der Waals surface area (Å²) >= 11 is 0. The lowest BCUT2D eigenvalue weighted by atomic mass is 9.83. The monoisotopic (exact) mass is 331 g/mol. The minimum Gasteiger partial charge on any atom is -0.459 e. The molecule has 1 amide bonds. The molecule has 1 aliphatic heterocycles. The number of carbonyl (C=O) groups is 3. The molecule has 0 saturated carbocycles. The lowest BCUT2D eigenvalue weighted by Gasteiger charge is -2.29. The van der Waals surface area contributed by atoms with E-state index in [0.29, 0.717) is 6.29 Å². The summed E-state index contributed by atoms with van der Waals surface area (Å²) in [6, 6.07) is 5.85. The molecular weight excluding hydrogens is 306 g/mol. The predicted octanol–water partition coefficient (Wildman–Crippen LogP) is 2.96. The number of hydrogen-bond acceptors (Lipinski definition) is 4. The minimum atomic E-state index is -1.11. The van der Waals surface area contributed by atoms with Gasteiger partial charge in [0.05, 0.1) is 0 Å². The van der Waals surface area contributed by atoms with Crippen LogP contribution in [-0.4, -0.2) is 30.3 Å². The second kappa shape index (κ2) is 6.38. The molecule has 1 unspecified atom stereocenters. The number of anilines is 1. The standard InChI is InChI=1S/C19H25NO4/c1-13-8-14(2)10-15(9-13)20-12-19(6-7-21,11-16(20)22)17(23)24-18(3,4)5/h7-10H,6,11-12H2,1-5H3. The van der Waals surface area contributed by atoms with E-state index in [1.54, 1.807) is 25.7 Å². The van der Waals surface area contributed by atoms with Crippen LogP contribution in [0.15, 0.2) is 18.2 Å². The van der Waals surface area contributed by atoms with Crippen molar-refractivity contribution < 1.29 is 19.1 Å². The Bertz CT molecular complexity index is 654. The molecule has 1 aliphatic rings. The molecule has 1 aromatic rings. The second-order valence-corrected chi connectivity index (χ2v) is 7.66. The zero-order valence-corrected chi connectivity index (χ0v) is 15.0. The van der Waals surface area contributed by atoms with Gasteiger partial charge in [-0.3, -0.25) is 9.59 Å². The van der Waals surface area contributed by atoms with E-state index in [4.69, 9.17) is 4.74 Å². The second-order valence-electron chi connectivity index (χ2n) is 7.66. The van der Waals surface area contributed by atoms with E-state index in [0.717, 1.165) is 16.8 Å². The molecule has 1 saturated heterocycles. The van der Waals surface area contributed by atoms with Crippen LogP contribution in [0.4, 0.5) is 5.69 Å². The minimum absolute atomic E-state index is 0.00631. The number of carbonyl (C=O) groups excluding carboxylic acids is 3. The number of aryl methyl sites for hydroxylation is 2. The topological polar surface area (TPSA) is 63.7 Å². The van der Waals surface area contributed by atoms with Crippen molar-refractivity contribution in [3.05, 3.63) is 29.3 Å². The van der Waals surface area contributed by atoms with E-state index in [1.165, 1.54) is 0 Å². The van der Waals surface area contributed by atoms with E-state index in [-0.39, 0.29) is 25.3 Å². The van der Waals surface area contributed by atoms with Crippen molar-refractivity contribution in [1.29, 1.82) is 0 Å². The third kappa shape index (κ3) is 3.83. The highest BCUT2D eigenvalue weighted by molar-refractivity contribution is 6.02. The molecule has 1 aromatic carbocycles. The molecule has 0 radical (unpaired) electrons. The van der Waals surface area contributed by atoms with Gasteiger partial charge in [0.15, 0.2) is 0 Å². The molecule has 130 valence electrons. The zero-order chi connectivity index (χ0) is 18.1. The highest BCUT2D eigenvalue weighted by Gasteiger charge is 2.51. The van der Waals surface area contributed by atoms with Gasteiger partial charge < -0.3 is 14.4 Å². The summed E-state index contributed by atoms with van der Waals surface area (Å²) in [6.45, 7) is 9.42. The first-order valence-corrected chi connectivity index (χ1v) is 8.12. The van der Waals surface area contributed by atoms with Crippen LogP contribution in [0, 0.1) is 19.3 Å². The molecule has 2 rings (SSSR count). The van der Waals surface area contributed by atoms with Crippen LogP contribution in [0.1, 0.15) is 44.7 Å². The normalized spacial score (nSPS) is 21.0. The number of nitrogens with zero attached hydrogens (tertiary/aromatic N) is 1. The molecule has 0 N–H and O–H groups in total. The quantitative estimate of drug-likeness (QED) is 0.628. The maximum Gasteiger partial charge on any atom is 0.315 e. The number of aldehydes is 1. The van der Waals surface area contributed by atoms with Gasteiger partial charge >= 0.3 is 5.97 Å². The van der Waals surface area contributed by atoms with Crippen LogP contribution in [0.2, 0.25) is 0 Å². The smallest absolute Gasteiger partial charge is 0.315 e. The van der Waals surface area contributed by atoms with Crippen LogP contribution in [0.25, 0.3) is 0 Å². The number of hydrogen-bond donors (Lipinski definition) is 0. The number of amides is 1. The Morgan fingerprint density at radius 2 is 1.83 bits per heavy atom. The van der Waals surface area contributed by atoms with Crippen molar-refractivity contribution in [3.63, 3.8) is 0 Å². The summed E-state index contributed by atoms with van der Waals surface area (Å²) in [5, 5.41) is 0. The fraction of sp³-hybridized carbons (Fsp3) is 0.526. The average molecular weight is 331 g/mol. The maximum absolute atomic E-state index is 12.7. The predicted molar refractivity (Wildman–Crippen MR) is 91.8 cm³/mol. The molecule has 0 bridgehead atoms. The van der Waals surface area contributed by atoms with Gasteiger partial charge in [0, 0.05) is 25.1 Å². The van der Waals surface area contributed by atoms with Gasteiger partial charge in [0.1, 0.15) is 17.3 Å². The first-order valence-electron chi connectivity index (χ1n) is 8.12. The van der Waals surface area contributed by atoms with Gasteiger partial charge in [-0.25, -0.2) is 0 Å². The molecule has 5 heteroatoms. The number of esters is 1. The summed E-state index contributed by atoms with van der Waals surface area (Å²) in [5.41, 5.74) is 1.08. The van der Waals surface area contributed by atoms with Crippen molar-refractivity contribution in [2.75, 3.05) is 11.4 Å². The Hall–Kier alpha value is -2.17. The van der Waals surface area contributed by atoms with Crippen molar-refractivity contribution in [2.24, 2.45) is 5.41 Å². The van der Waals surface area contributed by atoms with E-state index >= 15 is 0 Å². The molecule has 1 heterocycles.